The van der Waals surface area contributed by atoms with Crippen molar-refractivity contribution in [2.75, 3.05) is 22.9 Å². The molecule has 0 heterocycles. The van der Waals surface area contributed by atoms with E-state index < -0.39 is 27.6 Å². The van der Waals surface area contributed by atoms with Crippen molar-refractivity contribution in [1.82, 2.24) is 0 Å². The highest BCUT2D eigenvalue weighted by Crippen LogP contribution is 2.18. The zero-order chi connectivity index (χ0) is 17.2. The maximum atomic E-state index is 13.1. The molecule has 0 aliphatic rings. The number of amides is 1. The number of rotatable bonds is 4. The van der Waals surface area contributed by atoms with E-state index in [1.165, 1.54) is 37.4 Å². The highest BCUT2D eigenvalue weighted by Gasteiger charge is 2.13. The normalized spacial score (nSPS) is 11.1. The molecule has 23 heavy (non-hydrogen) atoms. The molecule has 1 N–H and O–H groups in total. The van der Waals surface area contributed by atoms with Crippen LogP contribution in [0.15, 0.2) is 42.5 Å². The van der Waals surface area contributed by atoms with Gasteiger partial charge < -0.3 is 5.32 Å². The number of sulfonamides is 1. The van der Waals surface area contributed by atoms with Gasteiger partial charge in [-0.3, -0.25) is 9.10 Å². The van der Waals surface area contributed by atoms with E-state index in [1.807, 2.05) is 0 Å². The Kier molecular flexibility index (Phi) is 4.65. The van der Waals surface area contributed by atoms with E-state index in [-0.39, 0.29) is 11.3 Å². The van der Waals surface area contributed by atoms with Gasteiger partial charge in [-0.1, -0.05) is 0 Å². The highest BCUT2D eigenvalue weighted by atomic mass is 32.2. The molecule has 2 rings (SSSR count). The van der Waals surface area contributed by atoms with Gasteiger partial charge >= 0.3 is 0 Å². The topological polar surface area (TPSA) is 66.5 Å². The summed E-state index contributed by atoms with van der Waals surface area (Å²) in [4.78, 5) is 12.0. The van der Waals surface area contributed by atoms with Crippen molar-refractivity contribution in [1.29, 1.82) is 0 Å². The predicted octanol–water partition coefficient (Wildman–Crippen LogP) is 2.61. The van der Waals surface area contributed by atoms with E-state index >= 15 is 0 Å². The number of hydrogen-bond donors (Lipinski definition) is 1. The number of halogens is 2. The highest BCUT2D eigenvalue weighted by molar-refractivity contribution is 7.92. The minimum Gasteiger partial charge on any atom is -0.322 e. The monoisotopic (exact) mass is 340 g/mol. The fraction of sp³-hybridized carbons (Fsp3) is 0.133. The molecule has 0 aliphatic heterocycles. The van der Waals surface area contributed by atoms with Crippen molar-refractivity contribution in [3.63, 3.8) is 0 Å². The van der Waals surface area contributed by atoms with E-state index in [9.17, 15) is 22.0 Å². The first-order chi connectivity index (χ1) is 10.7. The third kappa shape index (κ3) is 4.04. The molecule has 0 atom stereocenters. The van der Waals surface area contributed by atoms with Gasteiger partial charge in [0.05, 0.1) is 11.9 Å². The zero-order valence-electron chi connectivity index (χ0n) is 12.4. The van der Waals surface area contributed by atoms with E-state index in [2.05, 4.69) is 5.32 Å². The van der Waals surface area contributed by atoms with Gasteiger partial charge in [-0.05, 0) is 36.4 Å². The average Bonchev–Trinajstić information content (AvgIpc) is 2.49. The SMILES string of the molecule is CN(c1ccc(C(=O)Nc2ccc(F)c(F)c2)cc1)S(C)(=O)=O. The molecule has 1 amide bonds. The van der Waals surface area contributed by atoms with Crippen LogP contribution in [0.25, 0.3) is 0 Å². The van der Waals surface area contributed by atoms with Crippen LogP contribution in [-0.4, -0.2) is 27.6 Å². The molecule has 8 heteroatoms. The summed E-state index contributed by atoms with van der Waals surface area (Å²) in [5.41, 5.74) is 0.767. The van der Waals surface area contributed by atoms with Gasteiger partial charge in [0.2, 0.25) is 10.0 Å². The summed E-state index contributed by atoms with van der Waals surface area (Å²) in [5.74, 6) is -2.59. The van der Waals surface area contributed by atoms with Crippen LogP contribution < -0.4 is 9.62 Å². The minimum absolute atomic E-state index is 0.117. The van der Waals surface area contributed by atoms with Crippen LogP contribution in [0.5, 0.6) is 0 Å². The second-order valence-electron chi connectivity index (χ2n) is 4.86. The third-order valence-corrected chi connectivity index (χ3v) is 4.37. The van der Waals surface area contributed by atoms with Crippen LogP contribution in [0.1, 0.15) is 10.4 Å². The first kappa shape index (κ1) is 16.9. The molecule has 2 aromatic rings. The van der Waals surface area contributed by atoms with Crippen LogP contribution in [0.4, 0.5) is 20.2 Å². The Morgan fingerprint density at radius 2 is 1.65 bits per heavy atom. The Hall–Kier alpha value is -2.48. The number of carbonyl (C=O) groups is 1. The number of carbonyl (C=O) groups excluding carboxylic acids is 1. The number of benzene rings is 2. The second kappa shape index (κ2) is 6.33. The van der Waals surface area contributed by atoms with Crippen molar-refractivity contribution in [2.24, 2.45) is 0 Å². The first-order valence-corrected chi connectivity index (χ1v) is 8.33. The van der Waals surface area contributed by atoms with Crippen LogP contribution in [-0.2, 0) is 10.0 Å². The molecule has 122 valence electrons. The number of hydrogen-bond acceptors (Lipinski definition) is 3. The van der Waals surface area contributed by atoms with E-state index in [0.717, 1.165) is 22.7 Å². The van der Waals surface area contributed by atoms with Gasteiger partial charge in [0, 0.05) is 24.4 Å². The van der Waals surface area contributed by atoms with Crippen molar-refractivity contribution < 1.29 is 22.0 Å². The molecule has 0 fully saturated rings. The second-order valence-corrected chi connectivity index (χ2v) is 6.87. The van der Waals surface area contributed by atoms with Gasteiger partial charge in [-0.25, -0.2) is 17.2 Å². The Morgan fingerprint density at radius 1 is 1.04 bits per heavy atom. The number of anilines is 2. The van der Waals surface area contributed by atoms with Crippen LogP contribution in [0.3, 0.4) is 0 Å². The van der Waals surface area contributed by atoms with Crippen molar-refractivity contribution in [2.45, 2.75) is 0 Å². The molecule has 0 saturated heterocycles. The minimum atomic E-state index is -3.39. The van der Waals surface area contributed by atoms with Gasteiger partial charge in [0.15, 0.2) is 11.6 Å². The lowest BCUT2D eigenvalue weighted by Gasteiger charge is -2.16. The van der Waals surface area contributed by atoms with Gasteiger partial charge in [0.25, 0.3) is 5.91 Å². The summed E-state index contributed by atoms with van der Waals surface area (Å²) >= 11 is 0. The quantitative estimate of drug-likeness (QED) is 0.930. The largest absolute Gasteiger partial charge is 0.322 e. The smallest absolute Gasteiger partial charge is 0.255 e. The van der Waals surface area contributed by atoms with Crippen LogP contribution in [0, 0.1) is 11.6 Å². The van der Waals surface area contributed by atoms with Gasteiger partial charge in [-0.2, -0.15) is 0 Å². The molecular formula is C15H14F2N2O3S. The summed E-state index contributed by atoms with van der Waals surface area (Å²) in [6.07, 6.45) is 1.07. The van der Waals surface area contributed by atoms with E-state index in [0.29, 0.717) is 5.69 Å². The summed E-state index contributed by atoms with van der Waals surface area (Å²) in [6.45, 7) is 0. The van der Waals surface area contributed by atoms with Gasteiger partial charge in [0.1, 0.15) is 0 Å². The van der Waals surface area contributed by atoms with Crippen molar-refractivity contribution in [3.8, 4) is 0 Å². The lowest BCUT2D eigenvalue weighted by atomic mass is 10.2. The summed E-state index contributed by atoms with van der Waals surface area (Å²) in [6, 6.07) is 8.84. The lowest BCUT2D eigenvalue weighted by molar-refractivity contribution is 0.102. The summed E-state index contributed by atoms with van der Waals surface area (Å²) in [7, 11) is -2.00. The molecule has 0 radical (unpaired) electrons. The number of nitrogens with one attached hydrogen (secondary N) is 1. The summed E-state index contributed by atoms with van der Waals surface area (Å²) in [5, 5.41) is 2.43. The molecule has 0 aromatic heterocycles. The maximum Gasteiger partial charge on any atom is 0.255 e. The Morgan fingerprint density at radius 3 is 2.17 bits per heavy atom. The standard InChI is InChI=1S/C15H14F2N2O3S/c1-19(23(2,21)22)12-6-3-10(4-7-12)15(20)18-11-5-8-13(16)14(17)9-11/h3-9H,1-2H3,(H,18,20). The molecule has 0 spiro atoms. The molecule has 2 aromatic carbocycles. The molecule has 0 aliphatic carbocycles. The third-order valence-electron chi connectivity index (χ3n) is 3.17. The average molecular weight is 340 g/mol. The van der Waals surface area contributed by atoms with E-state index in [4.69, 9.17) is 0 Å². The van der Waals surface area contributed by atoms with Crippen molar-refractivity contribution in [3.05, 3.63) is 59.7 Å². The Balaban J connectivity index is 2.15. The Bertz CT molecular complexity index is 836. The van der Waals surface area contributed by atoms with Crippen LogP contribution >= 0.6 is 0 Å². The fourth-order valence-corrected chi connectivity index (χ4v) is 2.30. The molecule has 0 saturated carbocycles. The van der Waals surface area contributed by atoms with Crippen molar-refractivity contribution >= 4 is 27.3 Å². The number of nitrogens with zero attached hydrogens (tertiary/aromatic N) is 1. The molecule has 0 unspecified atom stereocenters. The molecular weight excluding hydrogens is 326 g/mol. The first-order valence-electron chi connectivity index (χ1n) is 6.49. The predicted molar refractivity (Wildman–Crippen MR) is 84.0 cm³/mol. The van der Waals surface area contributed by atoms with Crippen LogP contribution in [0.2, 0.25) is 0 Å². The molecule has 0 bridgehead atoms. The lowest BCUT2D eigenvalue weighted by Crippen LogP contribution is -2.24. The zero-order valence-corrected chi connectivity index (χ0v) is 13.2. The van der Waals surface area contributed by atoms with Gasteiger partial charge in [-0.15, -0.1) is 0 Å². The maximum absolute atomic E-state index is 13.1. The Labute approximate surface area is 132 Å². The van der Waals surface area contributed by atoms with E-state index in [1.54, 1.807) is 0 Å². The fourth-order valence-electron chi connectivity index (χ4n) is 1.79. The molecule has 5 nitrogen and oxygen atoms in total. The summed E-state index contributed by atoms with van der Waals surface area (Å²) < 4.78 is 49.9.